The summed E-state index contributed by atoms with van der Waals surface area (Å²) in [5, 5.41) is 7.86. The summed E-state index contributed by atoms with van der Waals surface area (Å²) in [6.07, 6.45) is -0.361. The Hall–Kier alpha value is -0.354. The van der Waals surface area contributed by atoms with E-state index in [2.05, 4.69) is 0 Å². The summed E-state index contributed by atoms with van der Waals surface area (Å²) >= 11 is 0. The Morgan fingerprint density at radius 3 is 1.88 bits per heavy atom. The van der Waals surface area contributed by atoms with E-state index < -0.39 is 5.97 Å². The summed E-state index contributed by atoms with van der Waals surface area (Å²) in [7, 11) is 0. The van der Waals surface area contributed by atoms with Gasteiger partial charge >= 0.3 is 5.97 Å². The molecular weight excluding hydrogens is 155 g/mol. The van der Waals surface area contributed by atoms with Crippen LogP contribution in [0.2, 0.25) is 0 Å². The van der Waals surface area contributed by atoms with Gasteiger partial charge in [-0.25, -0.2) is 0 Å². The molecule has 8 heavy (non-hydrogen) atoms. The Morgan fingerprint density at radius 1 is 1.50 bits per heavy atom. The molecular formula is C4H6CoO3. The van der Waals surface area contributed by atoms with Crippen molar-refractivity contribution < 1.29 is 31.5 Å². The van der Waals surface area contributed by atoms with Crippen molar-refractivity contribution in [3.8, 4) is 0 Å². The number of carboxylic acids is 1. The molecule has 0 unspecified atom stereocenters. The van der Waals surface area contributed by atoms with Crippen molar-refractivity contribution in [2.45, 2.75) is 13.3 Å². The van der Waals surface area contributed by atoms with Crippen molar-refractivity contribution in [2.24, 2.45) is 0 Å². The smallest absolute Gasteiger partial charge is 0.310 e. The SMILES string of the molecule is CC(=O)CC(=O)O.[Co]. The molecule has 0 saturated heterocycles. The van der Waals surface area contributed by atoms with Crippen LogP contribution in [0.5, 0.6) is 0 Å². The molecule has 0 aromatic carbocycles. The van der Waals surface area contributed by atoms with Gasteiger partial charge in [-0.1, -0.05) is 0 Å². The Morgan fingerprint density at radius 2 is 1.88 bits per heavy atom. The molecule has 4 heteroatoms. The quantitative estimate of drug-likeness (QED) is 0.582. The molecule has 0 fully saturated rings. The molecule has 1 N–H and O–H groups in total. The van der Waals surface area contributed by atoms with Crippen molar-refractivity contribution >= 4 is 11.8 Å². The number of carbonyl (C=O) groups is 2. The van der Waals surface area contributed by atoms with E-state index in [9.17, 15) is 9.59 Å². The second kappa shape index (κ2) is 4.80. The number of hydrogen-bond acceptors (Lipinski definition) is 2. The first kappa shape index (κ1) is 10.6. The molecule has 3 nitrogen and oxygen atoms in total. The Balaban J connectivity index is 0. The van der Waals surface area contributed by atoms with Gasteiger partial charge in [0, 0.05) is 16.8 Å². The Bertz CT molecular complexity index is 87.5. The van der Waals surface area contributed by atoms with Crippen molar-refractivity contribution in [1.82, 2.24) is 0 Å². The van der Waals surface area contributed by atoms with Gasteiger partial charge in [0.2, 0.25) is 0 Å². The predicted octanol–water partition coefficient (Wildman–Crippen LogP) is 0.0476. The summed E-state index contributed by atoms with van der Waals surface area (Å²) < 4.78 is 0. The number of ketones is 1. The fraction of sp³-hybridized carbons (Fsp3) is 0.500. The summed E-state index contributed by atoms with van der Waals surface area (Å²) in [6, 6.07) is 0. The number of rotatable bonds is 2. The molecule has 0 amide bonds. The van der Waals surface area contributed by atoms with E-state index in [0.717, 1.165) is 0 Å². The minimum Gasteiger partial charge on any atom is -0.481 e. The first-order chi connectivity index (χ1) is 3.13. The van der Waals surface area contributed by atoms with Crippen LogP contribution in [-0.4, -0.2) is 16.9 Å². The van der Waals surface area contributed by atoms with E-state index in [4.69, 9.17) is 5.11 Å². The molecule has 0 spiro atoms. The van der Waals surface area contributed by atoms with E-state index in [-0.39, 0.29) is 29.0 Å². The maximum Gasteiger partial charge on any atom is 0.310 e. The maximum atomic E-state index is 9.87. The van der Waals surface area contributed by atoms with E-state index in [1.54, 1.807) is 0 Å². The van der Waals surface area contributed by atoms with Gasteiger partial charge in [-0.2, -0.15) is 0 Å². The molecule has 0 aliphatic carbocycles. The number of aliphatic carboxylic acids is 1. The molecule has 0 atom stereocenters. The largest absolute Gasteiger partial charge is 0.481 e. The first-order valence-electron chi connectivity index (χ1n) is 1.84. The van der Waals surface area contributed by atoms with E-state index in [1.165, 1.54) is 6.92 Å². The second-order valence-electron chi connectivity index (χ2n) is 1.27. The normalized spacial score (nSPS) is 7.12. The topological polar surface area (TPSA) is 54.4 Å². The minimum absolute atomic E-state index is 0. The zero-order valence-electron chi connectivity index (χ0n) is 4.30. The van der Waals surface area contributed by atoms with E-state index >= 15 is 0 Å². The van der Waals surface area contributed by atoms with Crippen LogP contribution in [0.4, 0.5) is 0 Å². The van der Waals surface area contributed by atoms with Gasteiger partial charge in [0.1, 0.15) is 12.2 Å². The third-order valence-electron chi connectivity index (χ3n) is 0.400. The maximum absolute atomic E-state index is 9.87. The van der Waals surface area contributed by atoms with Crippen LogP contribution in [0.1, 0.15) is 13.3 Å². The molecule has 0 aromatic rings. The van der Waals surface area contributed by atoms with Crippen LogP contribution in [0, 0.1) is 0 Å². The van der Waals surface area contributed by atoms with E-state index in [1.807, 2.05) is 0 Å². The van der Waals surface area contributed by atoms with Gasteiger partial charge in [-0.3, -0.25) is 9.59 Å². The summed E-state index contributed by atoms with van der Waals surface area (Å²) in [4.78, 5) is 19.5. The zero-order valence-corrected chi connectivity index (χ0v) is 5.35. The first-order valence-corrected chi connectivity index (χ1v) is 1.84. The van der Waals surface area contributed by atoms with Gasteiger partial charge in [0.25, 0.3) is 0 Å². The minimum atomic E-state index is -1.06. The van der Waals surface area contributed by atoms with Crippen molar-refractivity contribution in [2.75, 3.05) is 0 Å². The van der Waals surface area contributed by atoms with Gasteiger partial charge in [0.15, 0.2) is 0 Å². The molecule has 1 radical (unpaired) electrons. The average molecular weight is 161 g/mol. The number of carbonyl (C=O) groups excluding carboxylic acids is 1. The van der Waals surface area contributed by atoms with E-state index in [0.29, 0.717) is 0 Å². The Labute approximate surface area is 57.3 Å². The van der Waals surface area contributed by atoms with Gasteiger partial charge in [-0.05, 0) is 6.92 Å². The molecule has 49 valence electrons. The number of carboxylic acid groups (broad SMARTS) is 1. The molecule has 0 aliphatic rings. The van der Waals surface area contributed by atoms with Gasteiger partial charge < -0.3 is 5.11 Å². The molecule has 0 heterocycles. The second-order valence-corrected chi connectivity index (χ2v) is 1.27. The fourth-order valence-electron chi connectivity index (χ4n) is 0.213. The Kier molecular flexibility index (Phi) is 6.35. The summed E-state index contributed by atoms with van der Waals surface area (Å²) in [6.45, 7) is 1.24. The monoisotopic (exact) mass is 161 g/mol. The fourth-order valence-corrected chi connectivity index (χ4v) is 0.213. The average Bonchev–Trinajstić information content (AvgIpc) is 1.27. The molecule has 0 saturated carbocycles. The van der Waals surface area contributed by atoms with Crippen LogP contribution in [-0.2, 0) is 26.4 Å². The van der Waals surface area contributed by atoms with Crippen LogP contribution in [0.25, 0.3) is 0 Å². The zero-order chi connectivity index (χ0) is 5.86. The number of hydrogen-bond donors (Lipinski definition) is 1. The predicted molar refractivity (Wildman–Crippen MR) is 22.9 cm³/mol. The molecule has 0 aromatic heterocycles. The summed E-state index contributed by atoms with van der Waals surface area (Å²) in [5.41, 5.74) is 0. The van der Waals surface area contributed by atoms with Crippen molar-refractivity contribution in [3.63, 3.8) is 0 Å². The van der Waals surface area contributed by atoms with Crippen molar-refractivity contribution in [1.29, 1.82) is 0 Å². The van der Waals surface area contributed by atoms with Crippen LogP contribution >= 0.6 is 0 Å². The molecule has 0 aliphatic heterocycles. The summed E-state index contributed by atoms with van der Waals surface area (Å²) in [5.74, 6) is -1.37. The third kappa shape index (κ3) is 9.17. The third-order valence-corrected chi connectivity index (χ3v) is 0.400. The number of Topliss-reactive ketones (excluding diaryl/α,β-unsaturated/α-hetero) is 1. The van der Waals surface area contributed by atoms with Crippen LogP contribution in [0.3, 0.4) is 0 Å². The standard InChI is InChI=1S/C4H6O3.Co/c1-3(5)2-4(6)7;/h2H2,1H3,(H,6,7);. The molecule has 0 rings (SSSR count). The van der Waals surface area contributed by atoms with Crippen molar-refractivity contribution in [3.05, 3.63) is 0 Å². The van der Waals surface area contributed by atoms with Crippen LogP contribution < -0.4 is 0 Å². The van der Waals surface area contributed by atoms with Gasteiger partial charge in [-0.15, -0.1) is 0 Å². The molecule has 0 bridgehead atoms. The van der Waals surface area contributed by atoms with Gasteiger partial charge in [0.05, 0.1) is 0 Å². The van der Waals surface area contributed by atoms with Crippen LogP contribution in [0.15, 0.2) is 0 Å².